The number of halogens is 1. The minimum atomic E-state index is -0.603. The number of carbonyl (C=O) groups excluding carboxylic acids is 1. The fourth-order valence-corrected chi connectivity index (χ4v) is 2.40. The van der Waals surface area contributed by atoms with Gasteiger partial charge in [-0.3, -0.25) is 4.79 Å². The van der Waals surface area contributed by atoms with Crippen LogP contribution in [0.4, 0.5) is 4.39 Å². The van der Waals surface area contributed by atoms with Crippen molar-refractivity contribution in [2.45, 2.75) is 38.8 Å². The van der Waals surface area contributed by atoms with Crippen LogP contribution in [0.25, 0.3) is 0 Å². The first-order chi connectivity index (χ1) is 9.49. The summed E-state index contributed by atoms with van der Waals surface area (Å²) in [6.07, 6.45) is 1.47. The maximum atomic E-state index is 13.8. The van der Waals surface area contributed by atoms with E-state index in [1.807, 2.05) is 0 Å². The van der Waals surface area contributed by atoms with Crippen molar-refractivity contribution in [3.8, 4) is 5.75 Å². The van der Waals surface area contributed by atoms with Crippen molar-refractivity contribution in [3.63, 3.8) is 0 Å². The van der Waals surface area contributed by atoms with E-state index in [1.54, 1.807) is 30.9 Å². The number of nitrogens with two attached hydrogens (primary N) is 1. The molecule has 0 saturated carbocycles. The van der Waals surface area contributed by atoms with Crippen LogP contribution in [0.3, 0.4) is 0 Å². The molecule has 1 heterocycles. The van der Waals surface area contributed by atoms with Crippen LogP contribution in [0.2, 0.25) is 0 Å². The van der Waals surface area contributed by atoms with Gasteiger partial charge in [-0.25, -0.2) is 4.39 Å². The summed E-state index contributed by atoms with van der Waals surface area (Å²) in [5.41, 5.74) is 6.10. The number of hydrogen-bond donors (Lipinski definition) is 1. The summed E-state index contributed by atoms with van der Waals surface area (Å²) in [6, 6.07) is 4.16. The summed E-state index contributed by atoms with van der Waals surface area (Å²) in [5, 5.41) is 0. The molecule has 4 nitrogen and oxygen atoms in total. The molecular weight excluding hydrogens is 259 g/mol. The maximum Gasteiger partial charge on any atom is 0.263 e. The number of carbonyl (C=O) groups is 1. The second-order valence-electron chi connectivity index (χ2n) is 5.26. The van der Waals surface area contributed by atoms with Gasteiger partial charge in [0.15, 0.2) is 6.10 Å². The molecule has 1 fully saturated rings. The highest BCUT2D eigenvalue weighted by Crippen LogP contribution is 2.22. The van der Waals surface area contributed by atoms with E-state index >= 15 is 0 Å². The molecule has 0 bridgehead atoms. The Bertz CT molecular complexity index is 485. The summed E-state index contributed by atoms with van der Waals surface area (Å²) in [7, 11) is 0. The van der Waals surface area contributed by atoms with E-state index in [4.69, 9.17) is 10.5 Å². The Hall–Kier alpha value is -1.62. The van der Waals surface area contributed by atoms with Crippen molar-refractivity contribution >= 4 is 5.91 Å². The average molecular weight is 280 g/mol. The van der Waals surface area contributed by atoms with Crippen molar-refractivity contribution in [2.75, 3.05) is 13.1 Å². The van der Waals surface area contributed by atoms with Crippen LogP contribution >= 0.6 is 0 Å². The molecule has 20 heavy (non-hydrogen) atoms. The Morgan fingerprint density at radius 2 is 2.00 bits per heavy atom. The molecule has 0 radical (unpaired) electrons. The summed E-state index contributed by atoms with van der Waals surface area (Å²) < 4.78 is 19.3. The van der Waals surface area contributed by atoms with Gasteiger partial charge >= 0.3 is 0 Å². The van der Waals surface area contributed by atoms with Gasteiger partial charge in [0.25, 0.3) is 5.91 Å². The standard InChI is InChI=1S/C15H21FN2O2/c1-10(17)13-6-5-12(9-14(13)16)20-11(2)15(19)18-7-3-4-8-18/h5-6,9-11H,3-4,7-8,17H2,1-2H3/t10-,11?/m1/s1. The van der Waals surface area contributed by atoms with Gasteiger partial charge in [0.1, 0.15) is 11.6 Å². The predicted octanol–water partition coefficient (Wildman–Crippen LogP) is 2.24. The summed E-state index contributed by atoms with van der Waals surface area (Å²) >= 11 is 0. The highest BCUT2D eigenvalue weighted by atomic mass is 19.1. The molecule has 0 aliphatic carbocycles. The quantitative estimate of drug-likeness (QED) is 0.920. The molecular formula is C15H21FN2O2. The number of amides is 1. The minimum Gasteiger partial charge on any atom is -0.481 e. The van der Waals surface area contributed by atoms with Gasteiger partial charge in [-0.2, -0.15) is 0 Å². The lowest BCUT2D eigenvalue weighted by Gasteiger charge is -2.21. The van der Waals surface area contributed by atoms with E-state index in [-0.39, 0.29) is 11.9 Å². The van der Waals surface area contributed by atoms with Gasteiger partial charge in [0, 0.05) is 30.8 Å². The topological polar surface area (TPSA) is 55.6 Å². The largest absolute Gasteiger partial charge is 0.481 e. The second kappa shape index (κ2) is 6.22. The van der Waals surface area contributed by atoms with Crippen LogP contribution in [0.1, 0.15) is 38.3 Å². The molecule has 2 atom stereocenters. The SMILES string of the molecule is CC(Oc1ccc([C@@H](C)N)c(F)c1)C(=O)N1CCCC1. The Balaban J connectivity index is 2.02. The van der Waals surface area contributed by atoms with Crippen molar-refractivity contribution in [1.82, 2.24) is 4.90 Å². The van der Waals surface area contributed by atoms with E-state index < -0.39 is 11.9 Å². The molecule has 1 aliphatic rings. The Morgan fingerprint density at radius 1 is 1.35 bits per heavy atom. The van der Waals surface area contributed by atoms with Crippen molar-refractivity contribution in [3.05, 3.63) is 29.6 Å². The van der Waals surface area contributed by atoms with E-state index in [2.05, 4.69) is 0 Å². The molecule has 0 spiro atoms. The Morgan fingerprint density at radius 3 is 2.55 bits per heavy atom. The first-order valence-electron chi connectivity index (χ1n) is 6.99. The number of nitrogens with zero attached hydrogens (tertiary/aromatic N) is 1. The molecule has 110 valence electrons. The lowest BCUT2D eigenvalue weighted by Crippen LogP contribution is -2.38. The number of hydrogen-bond acceptors (Lipinski definition) is 3. The highest BCUT2D eigenvalue weighted by Gasteiger charge is 2.24. The first kappa shape index (κ1) is 14.8. The van der Waals surface area contributed by atoms with E-state index in [1.165, 1.54) is 6.07 Å². The molecule has 2 N–H and O–H groups in total. The molecule has 1 amide bonds. The van der Waals surface area contributed by atoms with Crippen LogP contribution < -0.4 is 10.5 Å². The molecule has 1 aromatic rings. The van der Waals surface area contributed by atoms with Crippen LogP contribution in [0, 0.1) is 5.82 Å². The summed E-state index contributed by atoms with van der Waals surface area (Å²) in [6.45, 7) is 4.98. The number of likely N-dealkylation sites (tertiary alicyclic amines) is 1. The van der Waals surface area contributed by atoms with Gasteiger partial charge in [0.2, 0.25) is 0 Å². The Kier molecular flexibility index (Phi) is 4.60. The first-order valence-corrected chi connectivity index (χ1v) is 6.99. The average Bonchev–Trinajstić information content (AvgIpc) is 2.91. The van der Waals surface area contributed by atoms with Crippen LogP contribution in [0.15, 0.2) is 18.2 Å². The second-order valence-corrected chi connectivity index (χ2v) is 5.26. The van der Waals surface area contributed by atoms with Crippen LogP contribution in [-0.4, -0.2) is 30.0 Å². The maximum absolute atomic E-state index is 13.8. The zero-order valence-corrected chi connectivity index (χ0v) is 11.9. The van der Waals surface area contributed by atoms with E-state index in [9.17, 15) is 9.18 Å². The third-order valence-electron chi connectivity index (χ3n) is 3.54. The van der Waals surface area contributed by atoms with Crippen molar-refractivity contribution in [2.24, 2.45) is 5.73 Å². The van der Waals surface area contributed by atoms with Crippen LogP contribution in [-0.2, 0) is 4.79 Å². The fourth-order valence-electron chi connectivity index (χ4n) is 2.40. The number of benzene rings is 1. The van der Waals surface area contributed by atoms with Crippen molar-refractivity contribution in [1.29, 1.82) is 0 Å². The number of rotatable bonds is 4. The van der Waals surface area contributed by atoms with E-state index in [0.29, 0.717) is 11.3 Å². The molecule has 1 aliphatic heterocycles. The van der Waals surface area contributed by atoms with Crippen molar-refractivity contribution < 1.29 is 13.9 Å². The lowest BCUT2D eigenvalue weighted by molar-refractivity contribution is -0.136. The molecule has 5 heteroatoms. The molecule has 2 rings (SSSR count). The Labute approximate surface area is 118 Å². The predicted molar refractivity (Wildman–Crippen MR) is 74.9 cm³/mol. The summed E-state index contributed by atoms with van der Waals surface area (Å²) in [4.78, 5) is 13.9. The molecule has 1 saturated heterocycles. The van der Waals surface area contributed by atoms with Crippen LogP contribution in [0.5, 0.6) is 5.75 Å². The normalized spacial score (nSPS) is 17.9. The van der Waals surface area contributed by atoms with Gasteiger partial charge in [0.05, 0.1) is 0 Å². The monoisotopic (exact) mass is 280 g/mol. The third kappa shape index (κ3) is 3.28. The van der Waals surface area contributed by atoms with Gasteiger partial charge in [-0.1, -0.05) is 6.07 Å². The molecule has 1 unspecified atom stereocenters. The molecule has 0 aromatic heterocycles. The zero-order valence-electron chi connectivity index (χ0n) is 11.9. The molecule has 1 aromatic carbocycles. The fraction of sp³-hybridized carbons (Fsp3) is 0.533. The lowest BCUT2D eigenvalue weighted by atomic mass is 10.1. The minimum absolute atomic E-state index is 0.0424. The van der Waals surface area contributed by atoms with E-state index in [0.717, 1.165) is 25.9 Å². The zero-order chi connectivity index (χ0) is 14.7. The smallest absolute Gasteiger partial charge is 0.263 e. The van der Waals surface area contributed by atoms with Gasteiger partial charge in [-0.05, 0) is 32.8 Å². The number of ether oxygens (including phenoxy) is 1. The highest BCUT2D eigenvalue weighted by molar-refractivity contribution is 5.81. The third-order valence-corrected chi connectivity index (χ3v) is 3.54. The van der Waals surface area contributed by atoms with Gasteiger partial charge < -0.3 is 15.4 Å². The summed E-state index contributed by atoms with van der Waals surface area (Å²) in [5.74, 6) is -0.0931. The van der Waals surface area contributed by atoms with Gasteiger partial charge in [-0.15, -0.1) is 0 Å².